The first kappa shape index (κ1) is 28.5. The monoisotopic (exact) mass is 639 g/mol. The number of allylic oxidation sites excluding steroid dienone is 2. The minimum Gasteiger partial charge on any atom is -0.469 e. The van der Waals surface area contributed by atoms with Crippen LogP contribution < -0.4 is 0 Å². The maximum absolute atomic E-state index is 11.1. The van der Waals surface area contributed by atoms with Gasteiger partial charge in [-0.2, -0.15) is 0 Å². The number of carbonyl (C=O) groups is 1. The van der Waals surface area contributed by atoms with Crippen molar-refractivity contribution in [2.45, 2.75) is 95.5 Å². The van der Waals surface area contributed by atoms with Crippen LogP contribution in [-0.4, -0.2) is 54.5 Å². The Kier molecular flexibility index (Phi) is 14.6. The minimum atomic E-state index is -0.503. The van der Waals surface area contributed by atoms with Crippen molar-refractivity contribution in [1.29, 1.82) is 0 Å². The molecule has 2 N–H and O–H groups in total. The predicted molar refractivity (Wildman–Crippen MR) is 111 cm³/mol. The van der Waals surface area contributed by atoms with E-state index in [0.717, 1.165) is 51.4 Å². The first-order valence-corrected chi connectivity index (χ1v) is 11.4. The van der Waals surface area contributed by atoms with Crippen LogP contribution in [0.2, 0.25) is 0 Å². The van der Waals surface area contributed by atoms with Gasteiger partial charge in [0.2, 0.25) is 0 Å². The summed E-state index contributed by atoms with van der Waals surface area (Å²) in [5.41, 5.74) is 0. The van der Waals surface area contributed by atoms with E-state index in [1.54, 1.807) is 0 Å². The van der Waals surface area contributed by atoms with Crippen molar-refractivity contribution in [3.8, 4) is 0 Å². The number of carbonyl (C=O) groups excluding carboxylic acids is 1. The van der Waals surface area contributed by atoms with Crippen LogP contribution in [0.1, 0.15) is 77.6 Å². The summed E-state index contributed by atoms with van der Waals surface area (Å²) in [6.07, 6.45) is 12.3. The van der Waals surface area contributed by atoms with Gasteiger partial charge in [0, 0.05) is 63.3 Å². The molecule has 30 heavy (non-hydrogen) atoms. The van der Waals surface area contributed by atoms with Crippen LogP contribution in [-0.2, 0) is 19.0 Å². The molecule has 0 aromatic rings. The van der Waals surface area contributed by atoms with Gasteiger partial charge in [0.15, 0.2) is 5.79 Å². The average Bonchev–Trinajstić information content (AvgIpc) is 3.27. The first-order valence-electron chi connectivity index (χ1n) is 11.4. The standard InChI is InChI=1S/C23H40O6.Ac/c1-3-4-9-13-23(28-15-16-29-23)14-12-19-18(20(24)17-21(19)25)10-7-5-6-8-11-22(26)27-2;/h5,7,18-21,24-25H,3-4,6,8-17H2,1-2H3;/b7-5-;/t18?,19-,20+,21-;/m1./s1. The second-order valence-electron chi connectivity index (χ2n) is 8.48. The molecular formula is C23H40AcO6. The fourth-order valence-corrected chi connectivity index (χ4v) is 4.69. The summed E-state index contributed by atoms with van der Waals surface area (Å²) in [6.45, 7) is 3.46. The minimum absolute atomic E-state index is 0. The molecule has 1 saturated heterocycles. The van der Waals surface area contributed by atoms with Gasteiger partial charge in [-0.3, -0.25) is 4.79 Å². The maximum atomic E-state index is 11.1. The molecule has 1 radical (unpaired) electrons. The van der Waals surface area contributed by atoms with Crippen molar-refractivity contribution in [1.82, 2.24) is 0 Å². The molecule has 4 atom stereocenters. The SMILES string of the molecule is CCCCCC1(CC[C@@H]2C(C/C=C\CCCC(=O)OC)[C@@H](O)C[C@H]2O)OCCO1.[Ac]. The molecule has 0 amide bonds. The third-order valence-corrected chi connectivity index (χ3v) is 6.41. The van der Waals surface area contributed by atoms with Gasteiger partial charge in [-0.25, -0.2) is 0 Å². The van der Waals surface area contributed by atoms with Crippen molar-refractivity contribution in [3.63, 3.8) is 0 Å². The molecular weight excluding hydrogens is 599 g/mol. The van der Waals surface area contributed by atoms with Gasteiger partial charge < -0.3 is 24.4 Å². The van der Waals surface area contributed by atoms with Gasteiger partial charge in [-0.1, -0.05) is 31.9 Å². The number of rotatable bonds is 13. The molecule has 1 aliphatic carbocycles. The smallest absolute Gasteiger partial charge is 0.305 e. The second kappa shape index (κ2) is 15.4. The number of methoxy groups -OCH3 is 1. The molecule has 171 valence electrons. The van der Waals surface area contributed by atoms with Gasteiger partial charge in [-0.05, 0) is 50.4 Å². The van der Waals surface area contributed by atoms with Crippen LogP contribution >= 0.6 is 0 Å². The third-order valence-electron chi connectivity index (χ3n) is 6.41. The van der Waals surface area contributed by atoms with Crippen LogP contribution in [0.3, 0.4) is 0 Å². The molecule has 0 aromatic carbocycles. The van der Waals surface area contributed by atoms with E-state index >= 15 is 0 Å². The number of ether oxygens (including phenoxy) is 3. The molecule has 1 heterocycles. The van der Waals surface area contributed by atoms with E-state index in [1.807, 2.05) is 0 Å². The topological polar surface area (TPSA) is 85.2 Å². The Bertz CT molecular complexity index is 506. The molecule has 0 bridgehead atoms. The molecule has 2 fully saturated rings. The van der Waals surface area contributed by atoms with Crippen molar-refractivity contribution in [3.05, 3.63) is 12.2 Å². The van der Waals surface area contributed by atoms with Crippen LogP contribution in [0.15, 0.2) is 12.2 Å². The summed E-state index contributed by atoms with van der Waals surface area (Å²) < 4.78 is 16.6. The van der Waals surface area contributed by atoms with E-state index in [1.165, 1.54) is 13.5 Å². The summed E-state index contributed by atoms with van der Waals surface area (Å²) in [5, 5.41) is 21.0. The predicted octanol–water partition coefficient (Wildman–Crippen LogP) is 3.74. The largest absolute Gasteiger partial charge is 0.469 e. The van der Waals surface area contributed by atoms with Gasteiger partial charge in [0.05, 0.1) is 32.5 Å². The Hall–Kier alpha value is 0.492. The van der Waals surface area contributed by atoms with Gasteiger partial charge in [0.1, 0.15) is 0 Å². The fourth-order valence-electron chi connectivity index (χ4n) is 4.69. The zero-order valence-corrected chi connectivity index (χ0v) is 23.5. The van der Waals surface area contributed by atoms with Crippen molar-refractivity contribution < 1.29 is 73.3 Å². The Balaban J connectivity index is 0.00000450. The fraction of sp³-hybridized carbons (Fsp3) is 0.870. The van der Waals surface area contributed by atoms with Gasteiger partial charge in [-0.15, -0.1) is 0 Å². The molecule has 1 aliphatic heterocycles. The first-order chi connectivity index (χ1) is 14.0. The Morgan fingerprint density at radius 1 is 1.07 bits per heavy atom. The van der Waals surface area contributed by atoms with E-state index < -0.39 is 18.0 Å². The summed E-state index contributed by atoms with van der Waals surface area (Å²) >= 11 is 0. The van der Waals surface area contributed by atoms with Gasteiger partial charge >= 0.3 is 5.97 Å². The molecule has 0 aromatic heterocycles. The molecule has 2 rings (SSSR count). The zero-order valence-electron chi connectivity index (χ0n) is 18.8. The van der Waals surface area contributed by atoms with Crippen molar-refractivity contribution in [2.24, 2.45) is 11.8 Å². The quantitative estimate of drug-likeness (QED) is 0.182. The molecule has 2 aliphatic rings. The van der Waals surface area contributed by atoms with Gasteiger partial charge in [0.25, 0.3) is 0 Å². The second-order valence-corrected chi connectivity index (χ2v) is 8.48. The molecule has 1 saturated carbocycles. The Morgan fingerprint density at radius 3 is 2.43 bits per heavy atom. The summed E-state index contributed by atoms with van der Waals surface area (Å²) in [6, 6.07) is 0. The van der Waals surface area contributed by atoms with E-state index in [4.69, 9.17) is 9.47 Å². The molecule has 0 spiro atoms. The van der Waals surface area contributed by atoms with E-state index in [-0.39, 0.29) is 61.9 Å². The summed E-state index contributed by atoms with van der Waals surface area (Å²) in [4.78, 5) is 11.1. The van der Waals surface area contributed by atoms with Crippen LogP contribution in [0, 0.1) is 55.9 Å². The number of esters is 1. The number of hydrogen-bond donors (Lipinski definition) is 2. The zero-order chi connectivity index (χ0) is 21.1. The van der Waals surface area contributed by atoms with Crippen molar-refractivity contribution >= 4 is 5.97 Å². The van der Waals surface area contributed by atoms with E-state index in [2.05, 4.69) is 23.8 Å². The third kappa shape index (κ3) is 9.16. The summed E-state index contributed by atoms with van der Waals surface area (Å²) in [7, 11) is 1.40. The number of hydrogen-bond acceptors (Lipinski definition) is 6. The van der Waals surface area contributed by atoms with E-state index in [0.29, 0.717) is 26.1 Å². The van der Waals surface area contributed by atoms with Crippen LogP contribution in [0.25, 0.3) is 0 Å². The number of unbranched alkanes of at least 4 members (excludes halogenated alkanes) is 3. The number of aliphatic hydroxyl groups excluding tert-OH is 2. The number of aliphatic hydroxyl groups is 2. The molecule has 1 unspecified atom stereocenters. The molecule has 7 heteroatoms. The van der Waals surface area contributed by atoms with Crippen molar-refractivity contribution in [2.75, 3.05) is 20.3 Å². The normalized spacial score (nSPS) is 28.0. The molecule has 6 nitrogen and oxygen atoms in total. The van der Waals surface area contributed by atoms with Crippen LogP contribution in [0.4, 0.5) is 0 Å². The Labute approximate surface area is 217 Å². The Morgan fingerprint density at radius 2 is 1.77 bits per heavy atom. The summed E-state index contributed by atoms with van der Waals surface area (Å²) in [5.74, 6) is -0.579. The maximum Gasteiger partial charge on any atom is 0.305 e. The average molecular weight is 640 g/mol. The van der Waals surface area contributed by atoms with E-state index in [9.17, 15) is 15.0 Å². The van der Waals surface area contributed by atoms with Crippen LogP contribution in [0.5, 0.6) is 0 Å².